The summed E-state index contributed by atoms with van der Waals surface area (Å²) in [4.78, 5) is 30.0. The Hall–Kier alpha value is -1.73. The molecule has 1 amide bonds. The van der Waals surface area contributed by atoms with Gasteiger partial charge in [-0.05, 0) is 80.6 Å². The molecule has 2 bridgehead atoms. The largest absolute Gasteiger partial charge is 0.359 e. The highest BCUT2D eigenvalue weighted by Gasteiger charge is 2.43. The van der Waals surface area contributed by atoms with Crippen molar-refractivity contribution in [1.82, 2.24) is 15.1 Å². The number of rotatable bonds is 3. The quantitative estimate of drug-likeness (QED) is 0.438. The molecule has 1 aromatic heterocycles. The number of carbonyl (C=O) groups excluding carboxylic acids is 2. The highest BCUT2D eigenvalue weighted by molar-refractivity contribution is 7.80. The first kappa shape index (κ1) is 20.2. The second-order valence-electron chi connectivity index (χ2n) is 9.52. The van der Waals surface area contributed by atoms with E-state index in [-0.39, 0.29) is 17.1 Å². The second kappa shape index (κ2) is 7.75. The maximum absolute atomic E-state index is 12.8. The first-order chi connectivity index (χ1) is 14.4. The summed E-state index contributed by atoms with van der Waals surface area (Å²) >= 11 is 7.08. The molecule has 30 heavy (non-hydrogen) atoms. The molecule has 1 spiro atoms. The summed E-state index contributed by atoms with van der Waals surface area (Å²) in [5, 5.41) is 4.57. The van der Waals surface area contributed by atoms with Gasteiger partial charge in [-0.15, -0.1) is 11.3 Å². The van der Waals surface area contributed by atoms with Crippen LogP contribution < -0.4 is 5.32 Å². The normalized spacial score (nSPS) is 29.0. The van der Waals surface area contributed by atoms with Crippen molar-refractivity contribution in [2.45, 2.75) is 45.1 Å². The van der Waals surface area contributed by atoms with Crippen molar-refractivity contribution in [2.24, 2.45) is 17.3 Å². The van der Waals surface area contributed by atoms with E-state index >= 15 is 0 Å². The molecule has 0 radical (unpaired) electrons. The fourth-order valence-corrected chi connectivity index (χ4v) is 6.87. The zero-order valence-electron chi connectivity index (χ0n) is 17.4. The number of piperidine rings is 1. The number of thiocarbonyl (C=S) groups is 1. The van der Waals surface area contributed by atoms with Gasteiger partial charge in [-0.3, -0.25) is 9.59 Å². The molecule has 160 valence electrons. The molecular formula is C23H29N3O2S2. The van der Waals surface area contributed by atoms with Gasteiger partial charge in [-0.1, -0.05) is 12.2 Å². The summed E-state index contributed by atoms with van der Waals surface area (Å²) < 4.78 is 0. The van der Waals surface area contributed by atoms with E-state index in [9.17, 15) is 9.59 Å². The van der Waals surface area contributed by atoms with Crippen LogP contribution in [-0.4, -0.2) is 58.8 Å². The van der Waals surface area contributed by atoms with Crippen molar-refractivity contribution < 1.29 is 9.59 Å². The SMILES string of the molecule is CC(=O)c1ccc(C(=O)N2CCC3(CC2)CCN(C(=S)NC2CC4C=CC2C4)C3)s1. The van der Waals surface area contributed by atoms with E-state index in [1.54, 1.807) is 19.1 Å². The smallest absolute Gasteiger partial charge is 0.263 e. The van der Waals surface area contributed by atoms with Gasteiger partial charge in [0.1, 0.15) is 0 Å². The Labute approximate surface area is 187 Å². The van der Waals surface area contributed by atoms with Gasteiger partial charge in [0.15, 0.2) is 10.9 Å². The highest BCUT2D eigenvalue weighted by Crippen LogP contribution is 2.42. The number of likely N-dealkylation sites (tertiary alicyclic amines) is 2. The summed E-state index contributed by atoms with van der Waals surface area (Å²) in [6.45, 7) is 5.15. The van der Waals surface area contributed by atoms with Gasteiger partial charge in [-0.2, -0.15) is 0 Å². The van der Waals surface area contributed by atoms with Crippen LogP contribution in [0.2, 0.25) is 0 Å². The lowest BCUT2D eigenvalue weighted by atomic mass is 9.78. The van der Waals surface area contributed by atoms with Crippen LogP contribution in [0.15, 0.2) is 24.3 Å². The monoisotopic (exact) mass is 443 g/mol. The predicted molar refractivity (Wildman–Crippen MR) is 123 cm³/mol. The third kappa shape index (κ3) is 3.71. The minimum Gasteiger partial charge on any atom is -0.359 e. The first-order valence-electron chi connectivity index (χ1n) is 11.1. The number of thiophene rings is 1. The summed E-state index contributed by atoms with van der Waals surface area (Å²) in [7, 11) is 0. The first-order valence-corrected chi connectivity index (χ1v) is 12.3. The van der Waals surface area contributed by atoms with Gasteiger partial charge in [-0.25, -0.2) is 0 Å². The number of hydrogen-bond acceptors (Lipinski definition) is 4. The van der Waals surface area contributed by atoms with E-state index in [0.717, 1.165) is 56.5 Å². The van der Waals surface area contributed by atoms with Crippen LogP contribution in [0.1, 0.15) is 58.4 Å². The molecule has 4 aliphatic rings. The van der Waals surface area contributed by atoms with Crippen LogP contribution in [0, 0.1) is 17.3 Å². The molecular weight excluding hydrogens is 414 g/mol. The molecule has 7 heteroatoms. The molecule has 2 aliphatic carbocycles. The standard InChI is InChI=1S/C23H29N3O2S2/c1-15(27)19-4-5-20(30-19)21(28)25-9-6-23(7-10-25)8-11-26(14-23)22(29)24-18-13-16-2-3-17(18)12-16/h2-5,16-18H,6-14H2,1H3,(H,24,29). The van der Waals surface area contributed by atoms with Gasteiger partial charge in [0.05, 0.1) is 9.75 Å². The van der Waals surface area contributed by atoms with E-state index in [1.165, 1.54) is 24.2 Å². The molecule has 3 unspecified atom stereocenters. The van der Waals surface area contributed by atoms with Crippen LogP contribution >= 0.6 is 23.6 Å². The molecule has 3 fully saturated rings. The Kier molecular flexibility index (Phi) is 5.22. The van der Waals surface area contributed by atoms with Crippen LogP contribution in [0.25, 0.3) is 0 Å². The van der Waals surface area contributed by atoms with E-state index in [1.807, 2.05) is 4.90 Å². The third-order valence-corrected chi connectivity index (χ3v) is 9.14. The molecule has 3 atom stereocenters. The Balaban J connectivity index is 1.14. The van der Waals surface area contributed by atoms with Crippen molar-refractivity contribution in [3.63, 3.8) is 0 Å². The fourth-order valence-electron chi connectivity index (χ4n) is 5.70. The summed E-state index contributed by atoms with van der Waals surface area (Å²) in [5.74, 6) is 1.49. The number of fused-ring (bicyclic) bond motifs is 2. The summed E-state index contributed by atoms with van der Waals surface area (Å²) in [5.41, 5.74) is 0.275. The van der Waals surface area contributed by atoms with Crippen molar-refractivity contribution in [1.29, 1.82) is 0 Å². The minimum absolute atomic E-state index is 0.0220. The number of allylic oxidation sites excluding steroid dienone is 1. The van der Waals surface area contributed by atoms with Gasteiger partial charge in [0, 0.05) is 32.2 Å². The zero-order valence-corrected chi connectivity index (χ0v) is 19.1. The van der Waals surface area contributed by atoms with Crippen molar-refractivity contribution in [3.8, 4) is 0 Å². The number of amides is 1. The lowest BCUT2D eigenvalue weighted by Crippen LogP contribution is -2.47. The van der Waals surface area contributed by atoms with E-state index in [2.05, 4.69) is 22.4 Å². The predicted octanol–water partition coefficient (Wildman–Crippen LogP) is 3.72. The lowest BCUT2D eigenvalue weighted by Gasteiger charge is -2.39. The molecule has 3 heterocycles. The van der Waals surface area contributed by atoms with Crippen molar-refractivity contribution in [3.05, 3.63) is 34.0 Å². The molecule has 0 aromatic carbocycles. The minimum atomic E-state index is 0.0220. The fraction of sp³-hybridized carbons (Fsp3) is 0.609. The summed E-state index contributed by atoms with van der Waals surface area (Å²) in [6, 6.07) is 4.06. The highest BCUT2D eigenvalue weighted by atomic mass is 32.1. The van der Waals surface area contributed by atoms with E-state index in [0.29, 0.717) is 21.7 Å². The topological polar surface area (TPSA) is 52.7 Å². The molecule has 5 rings (SSSR count). The molecule has 2 aliphatic heterocycles. The maximum atomic E-state index is 12.8. The Morgan fingerprint density at radius 1 is 1.07 bits per heavy atom. The van der Waals surface area contributed by atoms with Crippen LogP contribution in [0.3, 0.4) is 0 Å². The van der Waals surface area contributed by atoms with Gasteiger partial charge < -0.3 is 15.1 Å². The molecule has 1 aromatic rings. The number of ketones is 1. The number of nitrogens with zero attached hydrogens (tertiary/aromatic N) is 2. The lowest BCUT2D eigenvalue weighted by molar-refractivity contribution is 0.0603. The number of carbonyl (C=O) groups is 2. The number of Topliss-reactive ketones (excluding diaryl/α,β-unsaturated/α-hetero) is 1. The average molecular weight is 444 g/mol. The van der Waals surface area contributed by atoms with Gasteiger partial charge >= 0.3 is 0 Å². The van der Waals surface area contributed by atoms with Crippen LogP contribution in [0.5, 0.6) is 0 Å². The Bertz CT molecular complexity index is 900. The zero-order chi connectivity index (χ0) is 20.9. The maximum Gasteiger partial charge on any atom is 0.263 e. The number of nitrogens with one attached hydrogen (secondary N) is 1. The van der Waals surface area contributed by atoms with Crippen LogP contribution in [0.4, 0.5) is 0 Å². The molecule has 1 N–H and O–H groups in total. The van der Waals surface area contributed by atoms with Crippen molar-refractivity contribution in [2.75, 3.05) is 26.2 Å². The Morgan fingerprint density at radius 2 is 1.77 bits per heavy atom. The summed E-state index contributed by atoms with van der Waals surface area (Å²) in [6.07, 6.45) is 10.4. The van der Waals surface area contributed by atoms with E-state index in [4.69, 9.17) is 12.2 Å². The molecule has 5 nitrogen and oxygen atoms in total. The van der Waals surface area contributed by atoms with Gasteiger partial charge in [0.2, 0.25) is 0 Å². The van der Waals surface area contributed by atoms with Crippen LogP contribution in [-0.2, 0) is 0 Å². The second-order valence-corrected chi connectivity index (χ2v) is 11.0. The van der Waals surface area contributed by atoms with E-state index < -0.39 is 0 Å². The van der Waals surface area contributed by atoms with Gasteiger partial charge in [0.25, 0.3) is 5.91 Å². The van der Waals surface area contributed by atoms with Crippen molar-refractivity contribution >= 4 is 40.4 Å². The number of hydrogen-bond donors (Lipinski definition) is 1. The average Bonchev–Trinajstić information content (AvgIpc) is 3.52. The molecule has 1 saturated carbocycles. The molecule has 2 saturated heterocycles. The third-order valence-electron chi connectivity index (χ3n) is 7.59. The Morgan fingerprint density at radius 3 is 2.37 bits per heavy atom.